The van der Waals surface area contributed by atoms with E-state index in [2.05, 4.69) is 4.98 Å². The van der Waals surface area contributed by atoms with Crippen molar-refractivity contribution in [1.29, 1.82) is 0 Å². The summed E-state index contributed by atoms with van der Waals surface area (Å²) in [5.41, 5.74) is 1.09. The molecule has 1 amide bonds. The Bertz CT molecular complexity index is 894. The van der Waals surface area contributed by atoms with Gasteiger partial charge in [0.05, 0.1) is 10.9 Å². The highest BCUT2D eigenvalue weighted by Gasteiger charge is 2.19. The number of aromatic amines is 1. The number of rotatable bonds is 4. The predicted molar refractivity (Wildman–Crippen MR) is 103 cm³/mol. The van der Waals surface area contributed by atoms with Crippen LogP contribution in [0, 0.1) is 10.7 Å². The minimum atomic E-state index is -0.115. The number of carbonyl (C=O) groups is 1. The molecule has 25 heavy (non-hydrogen) atoms. The number of H-pyrrole nitrogens is 1. The Labute approximate surface area is 152 Å². The van der Waals surface area contributed by atoms with Crippen LogP contribution in [-0.2, 0) is 6.54 Å². The number of nitrogens with one attached hydrogen (secondary N) is 1. The highest BCUT2D eigenvalue weighted by molar-refractivity contribution is 7.71. The van der Waals surface area contributed by atoms with Gasteiger partial charge in [-0.3, -0.25) is 14.2 Å². The molecule has 0 radical (unpaired) electrons. The summed E-state index contributed by atoms with van der Waals surface area (Å²) >= 11 is 5.25. The van der Waals surface area contributed by atoms with Crippen LogP contribution < -0.4 is 5.56 Å². The van der Waals surface area contributed by atoms with E-state index in [-0.39, 0.29) is 11.5 Å². The molecule has 0 atom stereocenters. The van der Waals surface area contributed by atoms with Crippen LogP contribution >= 0.6 is 12.2 Å². The molecule has 1 aliphatic carbocycles. The highest BCUT2D eigenvalue weighted by atomic mass is 32.1. The van der Waals surface area contributed by atoms with Gasteiger partial charge < -0.3 is 9.88 Å². The molecule has 1 aromatic heterocycles. The van der Waals surface area contributed by atoms with E-state index >= 15 is 0 Å². The SMILES string of the molecule is CCn1c(=S)[nH]c2cc(C(=O)N(C)CC3CCCCC3)ccc2c1=O. The van der Waals surface area contributed by atoms with Gasteiger partial charge in [0.15, 0.2) is 4.77 Å². The van der Waals surface area contributed by atoms with Crippen molar-refractivity contribution in [2.24, 2.45) is 5.92 Å². The van der Waals surface area contributed by atoms with Gasteiger partial charge in [0.25, 0.3) is 11.5 Å². The number of carbonyl (C=O) groups excluding carboxylic acids is 1. The summed E-state index contributed by atoms with van der Waals surface area (Å²) in [6, 6.07) is 5.20. The zero-order chi connectivity index (χ0) is 18.0. The molecule has 0 bridgehead atoms. The first-order valence-electron chi connectivity index (χ1n) is 9.03. The molecule has 1 saturated carbocycles. The van der Waals surface area contributed by atoms with Gasteiger partial charge in [0.1, 0.15) is 0 Å². The first-order chi connectivity index (χ1) is 12.0. The monoisotopic (exact) mass is 359 g/mol. The molecule has 1 fully saturated rings. The van der Waals surface area contributed by atoms with Crippen LogP contribution in [0.4, 0.5) is 0 Å². The van der Waals surface area contributed by atoms with Gasteiger partial charge in [-0.05, 0) is 56.1 Å². The van der Waals surface area contributed by atoms with E-state index in [1.807, 2.05) is 14.0 Å². The van der Waals surface area contributed by atoms with Crippen molar-refractivity contribution >= 4 is 29.0 Å². The number of fused-ring (bicyclic) bond motifs is 1. The third-order valence-corrected chi connectivity index (χ3v) is 5.47. The summed E-state index contributed by atoms with van der Waals surface area (Å²) < 4.78 is 1.91. The van der Waals surface area contributed by atoms with E-state index in [0.29, 0.717) is 33.7 Å². The lowest BCUT2D eigenvalue weighted by Crippen LogP contribution is -2.32. The van der Waals surface area contributed by atoms with Crippen LogP contribution in [0.3, 0.4) is 0 Å². The first kappa shape index (κ1) is 17.9. The average Bonchev–Trinajstić information content (AvgIpc) is 2.61. The van der Waals surface area contributed by atoms with Crippen molar-refractivity contribution in [3.63, 3.8) is 0 Å². The number of nitrogens with zero attached hydrogens (tertiary/aromatic N) is 2. The molecule has 0 saturated heterocycles. The summed E-state index contributed by atoms with van der Waals surface area (Å²) in [5, 5.41) is 0.557. The van der Waals surface area contributed by atoms with Gasteiger partial charge in [-0.25, -0.2) is 0 Å². The molecular formula is C19H25N3O2S. The third-order valence-electron chi connectivity index (χ3n) is 5.15. The smallest absolute Gasteiger partial charge is 0.262 e. The van der Waals surface area contributed by atoms with Crippen molar-refractivity contribution in [2.45, 2.75) is 45.6 Å². The van der Waals surface area contributed by atoms with Crippen LogP contribution in [0.15, 0.2) is 23.0 Å². The fourth-order valence-corrected chi connectivity index (χ4v) is 4.06. The number of amides is 1. The van der Waals surface area contributed by atoms with E-state index in [1.54, 1.807) is 23.1 Å². The largest absolute Gasteiger partial charge is 0.341 e. The number of aromatic nitrogens is 2. The molecule has 0 spiro atoms. The topological polar surface area (TPSA) is 58.1 Å². The molecule has 134 valence electrons. The van der Waals surface area contributed by atoms with Gasteiger partial charge in [0, 0.05) is 25.7 Å². The minimum absolute atomic E-state index is 0.00791. The van der Waals surface area contributed by atoms with Crippen molar-refractivity contribution in [3.8, 4) is 0 Å². The first-order valence-corrected chi connectivity index (χ1v) is 9.44. The second-order valence-electron chi connectivity index (χ2n) is 6.93. The van der Waals surface area contributed by atoms with Crippen LogP contribution in [0.25, 0.3) is 10.9 Å². The van der Waals surface area contributed by atoms with E-state index in [0.717, 1.165) is 6.54 Å². The van der Waals surface area contributed by atoms with Crippen LogP contribution in [-0.4, -0.2) is 34.0 Å². The summed E-state index contributed by atoms with van der Waals surface area (Å²) in [6.07, 6.45) is 6.26. The zero-order valence-corrected chi connectivity index (χ0v) is 15.7. The lowest BCUT2D eigenvalue weighted by molar-refractivity contribution is 0.0760. The van der Waals surface area contributed by atoms with Crippen LogP contribution in [0.1, 0.15) is 49.4 Å². The molecule has 5 nitrogen and oxygen atoms in total. The van der Waals surface area contributed by atoms with E-state index in [9.17, 15) is 9.59 Å². The van der Waals surface area contributed by atoms with E-state index in [4.69, 9.17) is 12.2 Å². The molecule has 1 N–H and O–H groups in total. The fraction of sp³-hybridized carbons (Fsp3) is 0.526. The Morgan fingerprint density at radius 1 is 1.32 bits per heavy atom. The molecular weight excluding hydrogens is 334 g/mol. The number of hydrogen-bond acceptors (Lipinski definition) is 3. The Balaban J connectivity index is 1.86. The molecule has 1 heterocycles. The number of benzene rings is 1. The molecule has 6 heteroatoms. The lowest BCUT2D eigenvalue weighted by Gasteiger charge is -2.27. The molecule has 1 aliphatic rings. The Hall–Kier alpha value is -1.95. The molecule has 1 aromatic carbocycles. The molecule has 3 rings (SSSR count). The van der Waals surface area contributed by atoms with Crippen LogP contribution in [0.5, 0.6) is 0 Å². The van der Waals surface area contributed by atoms with E-state index < -0.39 is 0 Å². The predicted octanol–water partition coefficient (Wildman–Crippen LogP) is 3.73. The second-order valence-corrected chi connectivity index (χ2v) is 7.32. The number of hydrogen-bond donors (Lipinski definition) is 1. The van der Waals surface area contributed by atoms with E-state index in [1.165, 1.54) is 36.7 Å². The van der Waals surface area contributed by atoms with Gasteiger partial charge >= 0.3 is 0 Å². The highest BCUT2D eigenvalue weighted by Crippen LogP contribution is 2.24. The molecule has 0 unspecified atom stereocenters. The molecule has 0 aliphatic heterocycles. The Morgan fingerprint density at radius 3 is 2.72 bits per heavy atom. The maximum absolute atomic E-state index is 12.8. The van der Waals surface area contributed by atoms with Crippen molar-refractivity contribution in [1.82, 2.24) is 14.5 Å². The Kier molecular flexibility index (Phi) is 5.37. The quantitative estimate of drug-likeness (QED) is 0.846. The van der Waals surface area contributed by atoms with Crippen molar-refractivity contribution in [3.05, 3.63) is 38.9 Å². The maximum Gasteiger partial charge on any atom is 0.262 e. The summed E-state index contributed by atoms with van der Waals surface area (Å²) in [7, 11) is 1.86. The third kappa shape index (κ3) is 3.68. The average molecular weight is 359 g/mol. The summed E-state index contributed by atoms with van der Waals surface area (Å²) in [6.45, 7) is 3.20. The van der Waals surface area contributed by atoms with Gasteiger partial charge in [0.2, 0.25) is 0 Å². The van der Waals surface area contributed by atoms with Gasteiger partial charge in [-0.1, -0.05) is 19.3 Å². The minimum Gasteiger partial charge on any atom is -0.341 e. The second kappa shape index (κ2) is 7.52. The lowest BCUT2D eigenvalue weighted by atomic mass is 9.89. The van der Waals surface area contributed by atoms with Crippen molar-refractivity contribution < 1.29 is 4.79 Å². The standard InChI is InChI=1S/C19H25N3O2S/c1-3-22-18(24)15-10-9-14(11-16(15)20-19(22)25)17(23)21(2)12-13-7-5-4-6-8-13/h9-11,13H,3-8,12H2,1-2H3,(H,20,25). The Morgan fingerprint density at radius 2 is 2.04 bits per heavy atom. The fourth-order valence-electron chi connectivity index (χ4n) is 3.74. The van der Waals surface area contributed by atoms with Crippen molar-refractivity contribution in [2.75, 3.05) is 13.6 Å². The zero-order valence-electron chi connectivity index (χ0n) is 14.9. The maximum atomic E-state index is 12.8. The molecule has 2 aromatic rings. The normalized spacial score (nSPS) is 15.4. The van der Waals surface area contributed by atoms with Gasteiger partial charge in [-0.2, -0.15) is 0 Å². The van der Waals surface area contributed by atoms with Gasteiger partial charge in [-0.15, -0.1) is 0 Å². The van der Waals surface area contributed by atoms with Crippen LogP contribution in [0.2, 0.25) is 0 Å². The summed E-state index contributed by atoms with van der Waals surface area (Å²) in [5.74, 6) is 0.595. The summed E-state index contributed by atoms with van der Waals surface area (Å²) in [4.78, 5) is 30.1.